The van der Waals surface area contributed by atoms with Crippen LogP contribution in [0, 0.1) is 5.92 Å². The Morgan fingerprint density at radius 3 is 2.89 bits per heavy atom. The lowest BCUT2D eigenvalue weighted by Crippen LogP contribution is -2.41. The molecule has 1 fully saturated rings. The molecule has 1 aromatic heterocycles. The highest BCUT2D eigenvalue weighted by molar-refractivity contribution is 5.77. The van der Waals surface area contributed by atoms with Crippen LogP contribution in [0.2, 0.25) is 0 Å². The molecule has 0 aliphatic carbocycles. The molecule has 2 aromatic rings. The molecule has 1 N–H and O–H groups in total. The minimum Gasteiger partial charge on any atom is -0.493 e. The fourth-order valence-electron chi connectivity index (χ4n) is 3.40. The van der Waals surface area contributed by atoms with Gasteiger partial charge in [0.25, 0.3) is 5.91 Å². The molecule has 3 rings (SSSR count). The number of piperidine rings is 1. The van der Waals surface area contributed by atoms with E-state index in [-0.39, 0.29) is 12.5 Å². The minimum atomic E-state index is -0.106. The molecule has 1 atom stereocenters. The molecule has 0 spiro atoms. The summed E-state index contributed by atoms with van der Waals surface area (Å²) >= 11 is 0. The number of carbonyl (C=O) groups excluding carboxylic acids is 1. The number of nitrogens with one attached hydrogen (secondary N) is 1. The Bertz CT molecular complexity index is 724. The standard InChI is InChI=1S/C21H27N3O3/c1-26-19-8-2-3-9-20(19)27-16-21(25)23-13-18-7-5-11-24(15-18)14-17-6-4-10-22-12-17/h2-4,6,8-10,12,18H,5,7,11,13-16H2,1H3,(H,23,25). The zero-order valence-corrected chi connectivity index (χ0v) is 15.8. The first-order chi connectivity index (χ1) is 13.2. The second kappa shape index (κ2) is 9.92. The first kappa shape index (κ1) is 19.2. The number of methoxy groups -OCH3 is 1. The van der Waals surface area contributed by atoms with Crippen LogP contribution in [0.1, 0.15) is 18.4 Å². The van der Waals surface area contributed by atoms with Crippen molar-refractivity contribution < 1.29 is 14.3 Å². The summed E-state index contributed by atoms with van der Waals surface area (Å²) < 4.78 is 10.8. The number of para-hydroxylation sites is 2. The third-order valence-electron chi connectivity index (χ3n) is 4.75. The van der Waals surface area contributed by atoms with Gasteiger partial charge in [-0.1, -0.05) is 18.2 Å². The molecule has 0 saturated carbocycles. The van der Waals surface area contributed by atoms with Crippen LogP contribution in [-0.2, 0) is 11.3 Å². The summed E-state index contributed by atoms with van der Waals surface area (Å²) in [4.78, 5) is 18.7. The normalized spacial score (nSPS) is 17.3. The molecule has 1 aliphatic heterocycles. The Labute approximate surface area is 160 Å². The molecule has 0 bridgehead atoms. The van der Waals surface area contributed by atoms with E-state index in [4.69, 9.17) is 9.47 Å². The van der Waals surface area contributed by atoms with Gasteiger partial charge in [0.15, 0.2) is 18.1 Å². The van der Waals surface area contributed by atoms with Crippen molar-refractivity contribution in [3.05, 3.63) is 54.4 Å². The van der Waals surface area contributed by atoms with E-state index in [0.29, 0.717) is 24.0 Å². The van der Waals surface area contributed by atoms with Gasteiger partial charge in [0.1, 0.15) is 0 Å². The number of rotatable bonds is 8. The summed E-state index contributed by atoms with van der Waals surface area (Å²) in [5.74, 6) is 1.56. The number of nitrogens with zero attached hydrogens (tertiary/aromatic N) is 2. The molecule has 1 aromatic carbocycles. The van der Waals surface area contributed by atoms with Gasteiger partial charge >= 0.3 is 0 Å². The number of hydrogen-bond donors (Lipinski definition) is 1. The highest BCUT2D eigenvalue weighted by atomic mass is 16.5. The lowest BCUT2D eigenvalue weighted by Gasteiger charge is -2.32. The maximum atomic E-state index is 12.1. The largest absolute Gasteiger partial charge is 0.493 e. The Hall–Kier alpha value is -2.60. The van der Waals surface area contributed by atoms with E-state index in [1.807, 2.05) is 30.5 Å². The maximum Gasteiger partial charge on any atom is 0.257 e. The van der Waals surface area contributed by atoms with Crippen LogP contribution >= 0.6 is 0 Å². The van der Waals surface area contributed by atoms with E-state index in [0.717, 1.165) is 32.5 Å². The van der Waals surface area contributed by atoms with Crippen molar-refractivity contribution in [1.82, 2.24) is 15.2 Å². The number of pyridine rings is 1. The highest BCUT2D eigenvalue weighted by Gasteiger charge is 2.20. The van der Waals surface area contributed by atoms with Crippen LogP contribution in [0.5, 0.6) is 11.5 Å². The first-order valence-corrected chi connectivity index (χ1v) is 9.38. The zero-order valence-electron chi connectivity index (χ0n) is 15.8. The van der Waals surface area contributed by atoms with Crippen molar-refractivity contribution in [2.24, 2.45) is 5.92 Å². The average Bonchev–Trinajstić information content (AvgIpc) is 2.72. The number of likely N-dealkylation sites (tertiary alicyclic amines) is 1. The maximum absolute atomic E-state index is 12.1. The molecule has 0 radical (unpaired) electrons. The average molecular weight is 369 g/mol. The molecule has 27 heavy (non-hydrogen) atoms. The number of carbonyl (C=O) groups is 1. The first-order valence-electron chi connectivity index (χ1n) is 9.38. The van der Waals surface area contributed by atoms with Crippen LogP contribution in [0.15, 0.2) is 48.8 Å². The van der Waals surface area contributed by atoms with E-state index in [1.54, 1.807) is 19.4 Å². The van der Waals surface area contributed by atoms with Crippen molar-refractivity contribution in [1.29, 1.82) is 0 Å². The molecule has 6 heteroatoms. The van der Waals surface area contributed by atoms with Gasteiger partial charge < -0.3 is 14.8 Å². The van der Waals surface area contributed by atoms with Gasteiger partial charge in [0, 0.05) is 32.0 Å². The summed E-state index contributed by atoms with van der Waals surface area (Å²) in [5, 5.41) is 3.00. The Balaban J connectivity index is 1.40. The van der Waals surface area contributed by atoms with E-state index < -0.39 is 0 Å². The topological polar surface area (TPSA) is 63.7 Å². The van der Waals surface area contributed by atoms with Gasteiger partial charge in [-0.05, 0) is 49.1 Å². The van der Waals surface area contributed by atoms with E-state index >= 15 is 0 Å². The lowest BCUT2D eigenvalue weighted by atomic mass is 9.97. The van der Waals surface area contributed by atoms with Crippen LogP contribution in [0.25, 0.3) is 0 Å². The second-order valence-electron chi connectivity index (χ2n) is 6.85. The van der Waals surface area contributed by atoms with Crippen molar-refractivity contribution in [2.45, 2.75) is 19.4 Å². The minimum absolute atomic E-state index is 0.00745. The summed E-state index contributed by atoms with van der Waals surface area (Å²) in [5.41, 5.74) is 1.23. The van der Waals surface area contributed by atoms with Crippen LogP contribution in [0.4, 0.5) is 0 Å². The van der Waals surface area contributed by atoms with Crippen LogP contribution < -0.4 is 14.8 Å². The quantitative estimate of drug-likeness (QED) is 0.775. The molecular weight excluding hydrogens is 342 g/mol. The summed E-state index contributed by atoms with van der Waals surface area (Å²) in [7, 11) is 1.59. The van der Waals surface area contributed by atoms with Gasteiger partial charge in [-0.3, -0.25) is 14.7 Å². The van der Waals surface area contributed by atoms with Gasteiger partial charge in [0.05, 0.1) is 7.11 Å². The SMILES string of the molecule is COc1ccccc1OCC(=O)NCC1CCCN(Cc2cccnc2)C1. The van der Waals surface area contributed by atoms with E-state index in [9.17, 15) is 4.79 Å². The van der Waals surface area contributed by atoms with E-state index in [2.05, 4.69) is 21.3 Å². The number of benzene rings is 1. The summed E-state index contributed by atoms with van der Waals surface area (Å²) in [6, 6.07) is 11.4. The van der Waals surface area contributed by atoms with Crippen molar-refractivity contribution in [3.8, 4) is 11.5 Å². The van der Waals surface area contributed by atoms with Crippen molar-refractivity contribution in [2.75, 3.05) is 33.4 Å². The Kier molecular flexibility index (Phi) is 7.04. The van der Waals surface area contributed by atoms with Gasteiger partial charge in [-0.2, -0.15) is 0 Å². The van der Waals surface area contributed by atoms with Gasteiger partial charge in [-0.25, -0.2) is 0 Å². The number of hydrogen-bond acceptors (Lipinski definition) is 5. The van der Waals surface area contributed by atoms with Crippen LogP contribution in [0.3, 0.4) is 0 Å². The number of ether oxygens (including phenoxy) is 2. The van der Waals surface area contributed by atoms with Crippen LogP contribution in [-0.4, -0.2) is 49.1 Å². The number of aromatic nitrogens is 1. The third kappa shape index (κ3) is 5.96. The molecule has 144 valence electrons. The van der Waals surface area contributed by atoms with Crippen molar-refractivity contribution >= 4 is 5.91 Å². The molecule has 1 saturated heterocycles. The molecule has 1 amide bonds. The predicted octanol–water partition coefficient (Wildman–Crippen LogP) is 2.50. The molecule has 6 nitrogen and oxygen atoms in total. The monoisotopic (exact) mass is 369 g/mol. The molecule has 2 heterocycles. The molecule has 1 aliphatic rings. The third-order valence-corrected chi connectivity index (χ3v) is 4.75. The highest BCUT2D eigenvalue weighted by Crippen LogP contribution is 2.25. The fraction of sp³-hybridized carbons (Fsp3) is 0.429. The van der Waals surface area contributed by atoms with E-state index in [1.165, 1.54) is 5.56 Å². The fourth-order valence-corrected chi connectivity index (χ4v) is 3.40. The Morgan fingerprint density at radius 2 is 2.11 bits per heavy atom. The molecular formula is C21H27N3O3. The zero-order chi connectivity index (χ0) is 18.9. The van der Waals surface area contributed by atoms with Crippen molar-refractivity contribution in [3.63, 3.8) is 0 Å². The van der Waals surface area contributed by atoms with Gasteiger partial charge in [0.2, 0.25) is 0 Å². The number of amides is 1. The smallest absolute Gasteiger partial charge is 0.257 e. The Morgan fingerprint density at radius 1 is 1.26 bits per heavy atom. The summed E-state index contributed by atoms with van der Waals surface area (Å²) in [6.45, 7) is 3.66. The van der Waals surface area contributed by atoms with Gasteiger partial charge in [-0.15, -0.1) is 0 Å². The molecule has 1 unspecified atom stereocenters. The summed E-state index contributed by atoms with van der Waals surface area (Å²) in [6.07, 6.45) is 6.00. The second-order valence-corrected chi connectivity index (χ2v) is 6.85. The lowest BCUT2D eigenvalue weighted by molar-refractivity contribution is -0.123. The predicted molar refractivity (Wildman–Crippen MR) is 104 cm³/mol.